The Kier molecular flexibility index (Phi) is 6.16. The van der Waals surface area contributed by atoms with Gasteiger partial charge in [0.15, 0.2) is 0 Å². The van der Waals surface area contributed by atoms with Crippen molar-refractivity contribution in [2.24, 2.45) is 11.7 Å². The third-order valence-corrected chi connectivity index (χ3v) is 3.51. The maximum absolute atomic E-state index is 5.75. The van der Waals surface area contributed by atoms with Crippen LogP contribution < -0.4 is 10.5 Å². The summed E-state index contributed by atoms with van der Waals surface area (Å²) in [4.78, 5) is 2.33. The van der Waals surface area contributed by atoms with Crippen molar-refractivity contribution in [2.75, 3.05) is 20.2 Å². The van der Waals surface area contributed by atoms with E-state index in [4.69, 9.17) is 10.5 Å². The summed E-state index contributed by atoms with van der Waals surface area (Å²) in [6, 6.07) is 8.55. The summed E-state index contributed by atoms with van der Waals surface area (Å²) >= 11 is 0. The van der Waals surface area contributed by atoms with Gasteiger partial charge in [-0.3, -0.25) is 0 Å². The Hall–Kier alpha value is -1.06. The van der Waals surface area contributed by atoms with Crippen molar-refractivity contribution in [1.82, 2.24) is 4.90 Å². The molecule has 2 N–H and O–H groups in total. The number of ether oxygens (including phenoxy) is 1. The smallest absolute Gasteiger partial charge is 0.119 e. The second-order valence-electron chi connectivity index (χ2n) is 5.17. The maximum atomic E-state index is 5.75. The lowest BCUT2D eigenvalue weighted by Crippen LogP contribution is -2.36. The molecule has 0 amide bonds. The number of hydrogen-bond donors (Lipinski definition) is 1. The van der Waals surface area contributed by atoms with E-state index in [2.05, 4.69) is 32.7 Å². The Balaban J connectivity index is 2.37. The van der Waals surface area contributed by atoms with Gasteiger partial charge in [0.1, 0.15) is 12.4 Å². The van der Waals surface area contributed by atoms with Gasteiger partial charge in [0.2, 0.25) is 0 Å². The maximum Gasteiger partial charge on any atom is 0.119 e. The highest BCUT2D eigenvalue weighted by atomic mass is 16.5. The third kappa shape index (κ3) is 4.67. The first kappa shape index (κ1) is 15.0. The van der Waals surface area contributed by atoms with Crippen molar-refractivity contribution in [3.05, 3.63) is 29.8 Å². The van der Waals surface area contributed by atoms with E-state index < -0.39 is 0 Å². The van der Waals surface area contributed by atoms with E-state index in [0.29, 0.717) is 25.1 Å². The summed E-state index contributed by atoms with van der Waals surface area (Å²) in [6.45, 7) is 8.94. The number of benzene rings is 1. The molecule has 0 heterocycles. The van der Waals surface area contributed by atoms with Crippen LogP contribution in [0.3, 0.4) is 0 Å². The van der Waals surface area contributed by atoms with Crippen LogP contribution >= 0.6 is 0 Å². The van der Waals surface area contributed by atoms with Crippen LogP contribution in [0.1, 0.15) is 26.3 Å². The van der Waals surface area contributed by atoms with Gasteiger partial charge < -0.3 is 15.4 Å². The van der Waals surface area contributed by atoms with Crippen molar-refractivity contribution in [3.63, 3.8) is 0 Å². The van der Waals surface area contributed by atoms with Gasteiger partial charge >= 0.3 is 0 Å². The molecule has 0 aliphatic heterocycles. The molecule has 102 valence electrons. The van der Waals surface area contributed by atoms with Crippen LogP contribution in [0.25, 0.3) is 0 Å². The molecule has 1 aromatic carbocycles. The van der Waals surface area contributed by atoms with Crippen molar-refractivity contribution >= 4 is 0 Å². The van der Waals surface area contributed by atoms with E-state index in [0.717, 1.165) is 17.9 Å². The summed E-state index contributed by atoms with van der Waals surface area (Å²) in [7, 11) is 2.14. The number of nitrogens with two attached hydrogens (primary N) is 1. The van der Waals surface area contributed by atoms with Gasteiger partial charge in [-0.05, 0) is 37.6 Å². The van der Waals surface area contributed by atoms with Crippen LogP contribution in [0.2, 0.25) is 0 Å². The predicted octanol–water partition coefficient (Wildman–Crippen LogP) is 2.50. The van der Waals surface area contributed by atoms with Crippen molar-refractivity contribution < 1.29 is 4.74 Å². The number of likely N-dealkylation sites (N-methyl/N-ethyl adjacent to an activating group) is 1. The molecule has 0 bridgehead atoms. The first-order chi connectivity index (χ1) is 8.54. The molecule has 0 spiro atoms. The molecule has 0 aromatic heterocycles. The molecule has 1 aromatic rings. The minimum absolute atomic E-state index is 0.557. The molecular formula is C15H26N2O. The number of rotatable bonds is 7. The van der Waals surface area contributed by atoms with Gasteiger partial charge in [-0.2, -0.15) is 0 Å². The SMILES string of the molecule is CC(C)C(C)N(C)CCOc1cccc(CN)c1. The molecule has 1 unspecified atom stereocenters. The minimum atomic E-state index is 0.557. The van der Waals surface area contributed by atoms with E-state index in [1.54, 1.807) is 0 Å². The third-order valence-electron chi connectivity index (χ3n) is 3.51. The van der Waals surface area contributed by atoms with E-state index in [1.807, 2.05) is 24.3 Å². The standard InChI is InChI=1S/C15H26N2O/c1-12(2)13(3)17(4)8-9-18-15-7-5-6-14(10-15)11-16/h5-7,10,12-13H,8-9,11,16H2,1-4H3. The molecule has 1 atom stereocenters. The topological polar surface area (TPSA) is 38.5 Å². The largest absolute Gasteiger partial charge is 0.492 e. The molecule has 0 aliphatic carbocycles. The predicted molar refractivity (Wildman–Crippen MR) is 76.8 cm³/mol. The highest BCUT2D eigenvalue weighted by molar-refractivity contribution is 5.28. The fourth-order valence-corrected chi connectivity index (χ4v) is 1.78. The molecule has 1 rings (SSSR count). The summed E-state index contributed by atoms with van der Waals surface area (Å²) in [6.07, 6.45) is 0. The van der Waals surface area contributed by atoms with E-state index in [9.17, 15) is 0 Å². The molecule has 18 heavy (non-hydrogen) atoms. The zero-order valence-electron chi connectivity index (χ0n) is 12.0. The van der Waals surface area contributed by atoms with E-state index in [1.165, 1.54) is 0 Å². The van der Waals surface area contributed by atoms with Crippen LogP contribution in [0.15, 0.2) is 24.3 Å². The van der Waals surface area contributed by atoms with Crippen LogP contribution in [0, 0.1) is 5.92 Å². The molecule has 3 heteroatoms. The van der Waals surface area contributed by atoms with E-state index >= 15 is 0 Å². The van der Waals surface area contributed by atoms with Crippen LogP contribution in [0.4, 0.5) is 0 Å². The van der Waals surface area contributed by atoms with Crippen LogP contribution in [-0.2, 0) is 6.54 Å². The molecule has 0 fully saturated rings. The van der Waals surface area contributed by atoms with Gasteiger partial charge in [0.25, 0.3) is 0 Å². The lowest BCUT2D eigenvalue weighted by molar-refractivity contribution is 0.170. The van der Waals surface area contributed by atoms with Gasteiger partial charge in [0.05, 0.1) is 0 Å². The number of nitrogens with zero attached hydrogens (tertiary/aromatic N) is 1. The lowest BCUT2D eigenvalue weighted by atomic mass is 10.1. The first-order valence-electron chi connectivity index (χ1n) is 6.66. The average molecular weight is 250 g/mol. The Bertz CT molecular complexity index is 352. The first-order valence-corrected chi connectivity index (χ1v) is 6.66. The molecule has 0 saturated heterocycles. The molecule has 0 radical (unpaired) electrons. The van der Waals surface area contributed by atoms with Crippen LogP contribution in [-0.4, -0.2) is 31.1 Å². The highest BCUT2D eigenvalue weighted by Crippen LogP contribution is 2.13. The average Bonchev–Trinajstić information content (AvgIpc) is 2.37. The van der Waals surface area contributed by atoms with E-state index in [-0.39, 0.29) is 0 Å². The summed E-state index contributed by atoms with van der Waals surface area (Å²) in [5.41, 5.74) is 6.71. The zero-order chi connectivity index (χ0) is 13.5. The normalized spacial score (nSPS) is 13.1. The van der Waals surface area contributed by atoms with Crippen LogP contribution in [0.5, 0.6) is 5.75 Å². The second kappa shape index (κ2) is 7.39. The lowest BCUT2D eigenvalue weighted by Gasteiger charge is -2.27. The minimum Gasteiger partial charge on any atom is -0.492 e. The molecule has 3 nitrogen and oxygen atoms in total. The Morgan fingerprint density at radius 2 is 2.00 bits per heavy atom. The quantitative estimate of drug-likeness (QED) is 0.808. The fourth-order valence-electron chi connectivity index (χ4n) is 1.78. The van der Waals surface area contributed by atoms with Gasteiger partial charge in [-0.1, -0.05) is 26.0 Å². The fraction of sp³-hybridized carbons (Fsp3) is 0.600. The molecule has 0 aliphatic rings. The summed E-state index contributed by atoms with van der Waals surface area (Å²) < 4.78 is 5.75. The second-order valence-corrected chi connectivity index (χ2v) is 5.17. The number of hydrogen-bond acceptors (Lipinski definition) is 3. The van der Waals surface area contributed by atoms with Gasteiger partial charge in [-0.15, -0.1) is 0 Å². The zero-order valence-corrected chi connectivity index (χ0v) is 12.0. The Morgan fingerprint density at radius 1 is 1.28 bits per heavy atom. The summed E-state index contributed by atoms with van der Waals surface area (Å²) in [5.74, 6) is 1.57. The summed E-state index contributed by atoms with van der Waals surface area (Å²) in [5, 5.41) is 0. The van der Waals surface area contributed by atoms with Gasteiger partial charge in [0, 0.05) is 19.1 Å². The van der Waals surface area contributed by atoms with Gasteiger partial charge in [-0.25, -0.2) is 0 Å². The monoisotopic (exact) mass is 250 g/mol. The molecule has 0 saturated carbocycles. The molecular weight excluding hydrogens is 224 g/mol. The Labute approximate surface area is 111 Å². The van der Waals surface area contributed by atoms with Crippen molar-refractivity contribution in [3.8, 4) is 5.75 Å². The van der Waals surface area contributed by atoms with Crippen molar-refractivity contribution in [1.29, 1.82) is 0 Å². The highest BCUT2D eigenvalue weighted by Gasteiger charge is 2.12. The Morgan fingerprint density at radius 3 is 2.61 bits per heavy atom. The van der Waals surface area contributed by atoms with Crippen molar-refractivity contribution in [2.45, 2.75) is 33.4 Å².